The molecule has 1 aliphatic heterocycles. The maximum Gasteiger partial charge on any atom is 0.420 e. The molecule has 1 aromatic carbocycles. The predicted molar refractivity (Wildman–Crippen MR) is 95.6 cm³/mol. The summed E-state index contributed by atoms with van der Waals surface area (Å²) in [7, 11) is 0. The average molecular weight is 358 g/mol. The summed E-state index contributed by atoms with van der Waals surface area (Å²) in [6, 6.07) is 11.0. The van der Waals surface area contributed by atoms with Gasteiger partial charge in [-0.25, -0.2) is 4.79 Å². The van der Waals surface area contributed by atoms with Gasteiger partial charge in [-0.05, 0) is 30.7 Å². The highest BCUT2D eigenvalue weighted by Crippen LogP contribution is 2.34. The van der Waals surface area contributed by atoms with Crippen LogP contribution >= 0.6 is 11.8 Å². The number of benzene rings is 1. The van der Waals surface area contributed by atoms with E-state index in [-0.39, 0.29) is 17.7 Å². The molecule has 1 atom stereocenters. The van der Waals surface area contributed by atoms with Gasteiger partial charge >= 0.3 is 5.76 Å². The van der Waals surface area contributed by atoms with Crippen LogP contribution in [0.4, 0.5) is 0 Å². The molecule has 0 saturated carbocycles. The zero-order valence-electron chi connectivity index (χ0n) is 13.6. The van der Waals surface area contributed by atoms with Crippen molar-refractivity contribution in [3.63, 3.8) is 0 Å². The van der Waals surface area contributed by atoms with E-state index in [4.69, 9.17) is 8.83 Å². The van der Waals surface area contributed by atoms with E-state index in [0.717, 1.165) is 17.9 Å². The number of para-hydroxylation sites is 2. The molecule has 1 unspecified atom stereocenters. The molecule has 0 bridgehead atoms. The van der Waals surface area contributed by atoms with Gasteiger partial charge in [-0.1, -0.05) is 12.1 Å². The van der Waals surface area contributed by atoms with Crippen LogP contribution in [0.2, 0.25) is 0 Å². The van der Waals surface area contributed by atoms with Crippen LogP contribution < -0.4 is 5.76 Å². The number of hydrogen-bond acceptors (Lipinski definition) is 5. The Labute approximate surface area is 148 Å². The first-order valence-electron chi connectivity index (χ1n) is 8.23. The number of fused-ring (bicyclic) bond motifs is 1. The van der Waals surface area contributed by atoms with Crippen molar-refractivity contribution in [1.82, 2.24) is 9.47 Å². The summed E-state index contributed by atoms with van der Waals surface area (Å²) >= 11 is 1.80. The molecule has 4 rings (SSSR count). The fraction of sp³-hybridized carbons (Fsp3) is 0.333. The van der Waals surface area contributed by atoms with Gasteiger partial charge in [0.15, 0.2) is 5.58 Å². The zero-order valence-corrected chi connectivity index (χ0v) is 14.4. The standard InChI is InChI=1S/C18H18N2O4S/c21-17(12-20-13-4-1-2-5-14(13)24-18(20)22)19-8-7-16(25-11-9-19)15-6-3-10-23-15/h1-6,10,16H,7-9,11-12H2. The van der Waals surface area contributed by atoms with Gasteiger partial charge in [0.05, 0.1) is 17.0 Å². The number of thioether (sulfide) groups is 1. The maximum absolute atomic E-state index is 12.7. The van der Waals surface area contributed by atoms with Gasteiger partial charge in [-0.2, -0.15) is 0 Å². The molecule has 1 aliphatic rings. The molecule has 7 heteroatoms. The van der Waals surface area contributed by atoms with Crippen LogP contribution in [0.3, 0.4) is 0 Å². The summed E-state index contributed by atoms with van der Waals surface area (Å²) < 4.78 is 12.1. The molecule has 3 heterocycles. The molecule has 1 fully saturated rings. The molecule has 0 spiro atoms. The van der Waals surface area contributed by atoms with E-state index in [1.54, 1.807) is 36.2 Å². The Morgan fingerprint density at radius 2 is 2.08 bits per heavy atom. The first-order valence-corrected chi connectivity index (χ1v) is 9.28. The van der Waals surface area contributed by atoms with E-state index >= 15 is 0 Å². The number of carbonyl (C=O) groups excluding carboxylic acids is 1. The lowest BCUT2D eigenvalue weighted by Crippen LogP contribution is -2.37. The fourth-order valence-electron chi connectivity index (χ4n) is 3.12. The van der Waals surface area contributed by atoms with Crippen molar-refractivity contribution < 1.29 is 13.6 Å². The Morgan fingerprint density at radius 3 is 2.92 bits per heavy atom. The lowest BCUT2D eigenvalue weighted by Gasteiger charge is -2.20. The maximum atomic E-state index is 12.7. The minimum Gasteiger partial charge on any atom is -0.468 e. The Kier molecular flexibility index (Phi) is 4.40. The number of hydrogen-bond donors (Lipinski definition) is 0. The van der Waals surface area contributed by atoms with E-state index in [2.05, 4.69) is 0 Å². The van der Waals surface area contributed by atoms with Crippen molar-refractivity contribution >= 4 is 28.8 Å². The monoisotopic (exact) mass is 358 g/mol. The number of carbonyl (C=O) groups is 1. The van der Waals surface area contributed by atoms with Crippen molar-refractivity contribution in [2.24, 2.45) is 0 Å². The summed E-state index contributed by atoms with van der Waals surface area (Å²) in [6.45, 7) is 1.33. The largest absolute Gasteiger partial charge is 0.468 e. The Hall–Kier alpha value is -2.41. The summed E-state index contributed by atoms with van der Waals surface area (Å²) in [5, 5.41) is 0.269. The highest BCUT2D eigenvalue weighted by atomic mass is 32.2. The van der Waals surface area contributed by atoms with Crippen LogP contribution in [0.25, 0.3) is 11.1 Å². The number of nitrogens with zero attached hydrogens (tertiary/aromatic N) is 2. The number of furan rings is 1. The van der Waals surface area contributed by atoms with Crippen LogP contribution in [0.15, 0.2) is 56.3 Å². The molecular weight excluding hydrogens is 340 g/mol. The molecule has 0 N–H and O–H groups in total. The molecular formula is C18H18N2O4S. The van der Waals surface area contributed by atoms with E-state index < -0.39 is 5.76 Å². The predicted octanol–water partition coefficient (Wildman–Crippen LogP) is 2.89. The van der Waals surface area contributed by atoms with Crippen LogP contribution in [-0.4, -0.2) is 34.2 Å². The normalized spacial score (nSPS) is 18.4. The first-order chi connectivity index (χ1) is 12.2. The van der Waals surface area contributed by atoms with Gasteiger partial charge in [-0.3, -0.25) is 9.36 Å². The lowest BCUT2D eigenvalue weighted by atomic mass is 10.2. The van der Waals surface area contributed by atoms with Gasteiger partial charge in [0.2, 0.25) is 5.91 Å². The second-order valence-electron chi connectivity index (χ2n) is 5.97. The summed E-state index contributed by atoms with van der Waals surface area (Å²) in [5.74, 6) is 1.25. The number of rotatable bonds is 3. The molecule has 0 radical (unpaired) electrons. The average Bonchev–Trinajstić information content (AvgIpc) is 3.17. The minimum absolute atomic E-state index is 0.00588. The quantitative estimate of drug-likeness (QED) is 0.720. The Balaban J connectivity index is 1.47. The van der Waals surface area contributed by atoms with E-state index in [0.29, 0.717) is 24.2 Å². The van der Waals surface area contributed by atoms with Crippen molar-refractivity contribution in [2.75, 3.05) is 18.8 Å². The minimum atomic E-state index is -0.493. The lowest BCUT2D eigenvalue weighted by molar-refractivity contribution is -0.131. The van der Waals surface area contributed by atoms with Crippen LogP contribution in [0.1, 0.15) is 17.4 Å². The number of oxazole rings is 1. The Bertz CT molecular complexity index is 928. The SMILES string of the molecule is O=C(Cn1c(=O)oc2ccccc21)N1CCSC(c2ccco2)CC1. The van der Waals surface area contributed by atoms with Gasteiger partial charge in [-0.15, -0.1) is 11.8 Å². The van der Waals surface area contributed by atoms with Crippen LogP contribution in [0, 0.1) is 0 Å². The van der Waals surface area contributed by atoms with Crippen molar-refractivity contribution in [1.29, 1.82) is 0 Å². The van der Waals surface area contributed by atoms with Crippen molar-refractivity contribution in [2.45, 2.75) is 18.2 Å². The van der Waals surface area contributed by atoms with Gasteiger partial charge < -0.3 is 13.7 Å². The van der Waals surface area contributed by atoms with Gasteiger partial charge in [0.25, 0.3) is 0 Å². The number of aromatic nitrogens is 1. The fourth-order valence-corrected chi connectivity index (χ4v) is 4.30. The third-order valence-corrected chi connectivity index (χ3v) is 5.71. The smallest absolute Gasteiger partial charge is 0.420 e. The van der Waals surface area contributed by atoms with Gasteiger partial charge in [0, 0.05) is 18.8 Å². The van der Waals surface area contributed by atoms with Crippen molar-refractivity contribution in [3.05, 3.63) is 59.0 Å². The molecule has 2 aromatic heterocycles. The second kappa shape index (κ2) is 6.84. The third kappa shape index (κ3) is 3.24. The molecule has 3 aromatic rings. The number of amides is 1. The van der Waals surface area contributed by atoms with E-state index in [1.807, 2.05) is 23.1 Å². The van der Waals surface area contributed by atoms with E-state index in [1.165, 1.54) is 4.57 Å². The molecule has 6 nitrogen and oxygen atoms in total. The zero-order chi connectivity index (χ0) is 17.2. The van der Waals surface area contributed by atoms with E-state index in [9.17, 15) is 9.59 Å². The summed E-state index contributed by atoms with van der Waals surface area (Å²) in [6.07, 6.45) is 2.52. The molecule has 130 valence electrons. The van der Waals surface area contributed by atoms with Crippen LogP contribution in [0.5, 0.6) is 0 Å². The highest BCUT2D eigenvalue weighted by molar-refractivity contribution is 7.99. The summed E-state index contributed by atoms with van der Waals surface area (Å²) in [5.41, 5.74) is 1.16. The molecule has 1 amide bonds. The third-order valence-electron chi connectivity index (χ3n) is 4.42. The first kappa shape index (κ1) is 16.1. The molecule has 25 heavy (non-hydrogen) atoms. The van der Waals surface area contributed by atoms with Crippen LogP contribution in [-0.2, 0) is 11.3 Å². The molecule has 1 saturated heterocycles. The topological polar surface area (TPSA) is 68.6 Å². The highest BCUT2D eigenvalue weighted by Gasteiger charge is 2.24. The van der Waals surface area contributed by atoms with Crippen molar-refractivity contribution in [3.8, 4) is 0 Å². The summed E-state index contributed by atoms with van der Waals surface area (Å²) in [4.78, 5) is 26.6. The Morgan fingerprint density at radius 1 is 1.20 bits per heavy atom. The second-order valence-corrected chi connectivity index (χ2v) is 7.28. The van der Waals surface area contributed by atoms with Gasteiger partial charge in [0.1, 0.15) is 12.3 Å². The molecule has 0 aliphatic carbocycles.